The van der Waals surface area contributed by atoms with Gasteiger partial charge in [0.2, 0.25) is 0 Å². The Balaban J connectivity index is 1.75. The van der Waals surface area contributed by atoms with Gasteiger partial charge in [0.05, 0.1) is 13.2 Å². The molecule has 122 valence electrons. The molecule has 0 aromatic heterocycles. The Kier molecular flexibility index (Phi) is 6.11. The lowest BCUT2D eigenvalue weighted by Crippen LogP contribution is -2.39. The van der Waals surface area contributed by atoms with E-state index in [0.717, 1.165) is 11.5 Å². The number of carbonyl (C=O) groups is 1. The summed E-state index contributed by atoms with van der Waals surface area (Å²) in [5, 5.41) is 6.16. The molecular formula is C17H19ClN2O3. The largest absolute Gasteiger partial charge is 0.497 e. The van der Waals surface area contributed by atoms with Crippen LogP contribution in [0.2, 0.25) is 5.02 Å². The van der Waals surface area contributed by atoms with Crippen LogP contribution in [-0.4, -0.2) is 25.8 Å². The maximum atomic E-state index is 11.9. The van der Waals surface area contributed by atoms with E-state index in [2.05, 4.69) is 10.6 Å². The molecule has 0 spiro atoms. The van der Waals surface area contributed by atoms with Gasteiger partial charge in [0.25, 0.3) is 0 Å². The third-order valence-corrected chi connectivity index (χ3v) is 3.29. The predicted octanol–water partition coefficient (Wildman–Crippen LogP) is 3.94. The Morgan fingerprint density at radius 3 is 2.30 bits per heavy atom. The number of hydrogen-bond acceptors (Lipinski definition) is 3. The maximum Gasteiger partial charge on any atom is 0.319 e. The van der Waals surface area contributed by atoms with Crippen molar-refractivity contribution >= 4 is 23.3 Å². The molecule has 2 N–H and O–H groups in total. The van der Waals surface area contributed by atoms with E-state index in [1.807, 2.05) is 31.2 Å². The van der Waals surface area contributed by atoms with Crippen molar-refractivity contribution in [2.24, 2.45) is 0 Å². The van der Waals surface area contributed by atoms with Gasteiger partial charge in [0.15, 0.2) is 0 Å². The molecule has 0 saturated heterocycles. The number of nitrogens with one attached hydrogen (secondary N) is 2. The number of carbonyl (C=O) groups excluding carboxylic acids is 1. The van der Waals surface area contributed by atoms with E-state index in [0.29, 0.717) is 17.3 Å². The first-order valence-electron chi connectivity index (χ1n) is 7.17. The summed E-state index contributed by atoms with van der Waals surface area (Å²) in [7, 11) is 1.61. The number of anilines is 1. The van der Waals surface area contributed by atoms with Crippen LogP contribution in [-0.2, 0) is 0 Å². The zero-order valence-corrected chi connectivity index (χ0v) is 13.8. The average Bonchev–Trinajstić information content (AvgIpc) is 2.55. The molecule has 2 amide bonds. The van der Waals surface area contributed by atoms with E-state index in [1.165, 1.54) is 0 Å². The first kappa shape index (κ1) is 17.0. The van der Waals surface area contributed by atoms with Crippen LogP contribution >= 0.6 is 11.6 Å². The number of benzene rings is 2. The maximum absolute atomic E-state index is 11.9. The first-order chi connectivity index (χ1) is 11.1. The third kappa shape index (κ3) is 5.71. The summed E-state index contributed by atoms with van der Waals surface area (Å²) in [6.45, 7) is 2.23. The average molecular weight is 335 g/mol. The monoisotopic (exact) mass is 334 g/mol. The Bertz CT molecular complexity index is 629. The van der Waals surface area contributed by atoms with E-state index in [1.54, 1.807) is 31.4 Å². The highest BCUT2D eigenvalue weighted by atomic mass is 35.5. The minimum absolute atomic E-state index is 0.149. The summed E-state index contributed by atoms with van der Waals surface area (Å²) in [5.41, 5.74) is 0.676. The van der Waals surface area contributed by atoms with Crippen LogP contribution < -0.4 is 20.1 Å². The SMILES string of the molecule is COc1ccc(OC[C@@H](C)NC(=O)Nc2ccc(Cl)cc2)cc1. The van der Waals surface area contributed by atoms with Crippen LogP contribution in [0.3, 0.4) is 0 Å². The van der Waals surface area contributed by atoms with Crippen LogP contribution in [0.5, 0.6) is 11.5 Å². The van der Waals surface area contributed by atoms with E-state index in [9.17, 15) is 4.79 Å². The highest BCUT2D eigenvalue weighted by molar-refractivity contribution is 6.30. The lowest BCUT2D eigenvalue weighted by atomic mass is 10.3. The molecule has 0 fully saturated rings. The Morgan fingerprint density at radius 1 is 1.09 bits per heavy atom. The van der Waals surface area contributed by atoms with Crippen LogP contribution in [0.1, 0.15) is 6.92 Å². The Hall–Kier alpha value is -2.40. The second kappa shape index (κ2) is 8.29. The zero-order chi connectivity index (χ0) is 16.7. The normalized spacial score (nSPS) is 11.4. The zero-order valence-electron chi connectivity index (χ0n) is 13.0. The standard InChI is InChI=1S/C17H19ClN2O3/c1-12(11-23-16-9-7-15(22-2)8-10-16)19-17(21)20-14-5-3-13(18)4-6-14/h3-10,12H,11H2,1-2H3,(H2,19,20,21)/t12-/m1/s1. The number of methoxy groups -OCH3 is 1. The van der Waals surface area contributed by atoms with E-state index in [-0.39, 0.29) is 12.1 Å². The molecule has 2 aromatic rings. The van der Waals surface area contributed by atoms with Gasteiger partial charge in [-0.05, 0) is 55.5 Å². The molecule has 2 rings (SSSR count). The number of urea groups is 1. The second-order valence-corrected chi connectivity index (χ2v) is 5.43. The van der Waals surface area contributed by atoms with Gasteiger partial charge in [-0.15, -0.1) is 0 Å². The third-order valence-electron chi connectivity index (χ3n) is 3.04. The molecule has 2 aromatic carbocycles. The molecule has 1 atom stereocenters. The van der Waals surface area contributed by atoms with Gasteiger partial charge in [-0.1, -0.05) is 11.6 Å². The molecule has 0 unspecified atom stereocenters. The predicted molar refractivity (Wildman–Crippen MR) is 91.6 cm³/mol. The highest BCUT2D eigenvalue weighted by Crippen LogP contribution is 2.17. The van der Waals surface area contributed by atoms with Crippen molar-refractivity contribution in [2.75, 3.05) is 19.0 Å². The lowest BCUT2D eigenvalue weighted by Gasteiger charge is -2.16. The van der Waals surface area contributed by atoms with Crippen LogP contribution in [0, 0.1) is 0 Å². The summed E-state index contributed by atoms with van der Waals surface area (Å²) >= 11 is 5.80. The van der Waals surface area contributed by atoms with Crippen molar-refractivity contribution in [3.8, 4) is 11.5 Å². The van der Waals surface area contributed by atoms with Crippen molar-refractivity contribution in [2.45, 2.75) is 13.0 Å². The second-order valence-electron chi connectivity index (χ2n) is 4.99. The summed E-state index contributed by atoms with van der Waals surface area (Å²) in [4.78, 5) is 11.9. The molecule has 5 nitrogen and oxygen atoms in total. The quantitative estimate of drug-likeness (QED) is 0.841. The molecule has 0 radical (unpaired) electrons. The van der Waals surface area contributed by atoms with Crippen LogP contribution in [0.15, 0.2) is 48.5 Å². The van der Waals surface area contributed by atoms with E-state index in [4.69, 9.17) is 21.1 Å². The molecular weight excluding hydrogens is 316 g/mol. The fourth-order valence-corrected chi connectivity index (χ4v) is 1.99. The number of ether oxygens (including phenoxy) is 2. The molecule has 6 heteroatoms. The molecule has 0 aliphatic rings. The Morgan fingerprint density at radius 2 is 1.70 bits per heavy atom. The Labute approximate surface area is 140 Å². The fourth-order valence-electron chi connectivity index (χ4n) is 1.86. The lowest BCUT2D eigenvalue weighted by molar-refractivity contribution is 0.236. The molecule has 23 heavy (non-hydrogen) atoms. The summed E-state index contributed by atoms with van der Waals surface area (Å²) in [5.74, 6) is 1.49. The summed E-state index contributed by atoms with van der Waals surface area (Å²) in [6, 6.07) is 13.7. The van der Waals surface area contributed by atoms with E-state index >= 15 is 0 Å². The summed E-state index contributed by atoms with van der Waals surface area (Å²) < 4.78 is 10.7. The molecule has 0 bridgehead atoms. The minimum atomic E-state index is -0.293. The molecule has 0 aliphatic heterocycles. The molecule has 0 heterocycles. The van der Waals surface area contributed by atoms with Gasteiger partial charge in [-0.2, -0.15) is 0 Å². The van der Waals surface area contributed by atoms with Crippen LogP contribution in [0.25, 0.3) is 0 Å². The summed E-state index contributed by atoms with van der Waals surface area (Å²) in [6.07, 6.45) is 0. The number of halogens is 1. The number of rotatable bonds is 6. The van der Waals surface area contributed by atoms with Crippen molar-refractivity contribution < 1.29 is 14.3 Å². The van der Waals surface area contributed by atoms with E-state index < -0.39 is 0 Å². The minimum Gasteiger partial charge on any atom is -0.497 e. The number of amides is 2. The smallest absolute Gasteiger partial charge is 0.319 e. The first-order valence-corrected chi connectivity index (χ1v) is 7.54. The van der Waals surface area contributed by atoms with Gasteiger partial charge in [0.1, 0.15) is 18.1 Å². The van der Waals surface area contributed by atoms with Gasteiger partial charge < -0.3 is 20.1 Å². The van der Waals surface area contributed by atoms with Crippen LogP contribution in [0.4, 0.5) is 10.5 Å². The van der Waals surface area contributed by atoms with Crippen molar-refractivity contribution in [3.05, 3.63) is 53.6 Å². The fraction of sp³-hybridized carbons (Fsp3) is 0.235. The van der Waals surface area contributed by atoms with Crippen molar-refractivity contribution in [3.63, 3.8) is 0 Å². The van der Waals surface area contributed by atoms with Gasteiger partial charge >= 0.3 is 6.03 Å². The molecule has 0 aliphatic carbocycles. The van der Waals surface area contributed by atoms with Crippen molar-refractivity contribution in [1.82, 2.24) is 5.32 Å². The van der Waals surface area contributed by atoms with Gasteiger partial charge in [0, 0.05) is 10.7 Å². The van der Waals surface area contributed by atoms with Gasteiger partial charge in [-0.3, -0.25) is 0 Å². The highest BCUT2D eigenvalue weighted by Gasteiger charge is 2.08. The van der Waals surface area contributed by atoms with Crippen molar-refractivity contribution in [1.29, 1.82) is 0 Å². The molecule has 0 saturated carbocycles. The number of hydrogen-bond donors (Lipinski definition) is 2. The van der Waals surface area contributed by atoms with Gasteiger partial charge in [-0.25, -0.2) is 4.79 Å². The topological polar surface area (TPSA) is 59.6 Å².